The van der Waals surface area contributed by atoms with Crippen molar-refractivity contribution >= 4 is 40.9 Å². The van der Waals surface area contributed by atoms with Crippen molar-refractivity contribution in [3.8, 4) is 11.1 Å². The lowest BCUT2D eigenvalue weighted by atomic mass is 9.73. The molecule has 16 heteroatoms. The number of aromatic amines is 1. The third kappa shape index (κ3) is 10.0. The molecule has 5 fully saturated rings. The Bertz CT molecular complexity index is 2770. The molecule has 0 aliphatic carbocycles. The summed E-state index contributed by atoms with van der Waals surface area (Å²) in [4.78, 5) is 93.1. The molecule has 374 valence electrons. The number of nitrogens with one attached hydrogen (secondary N) is 3. The van der Waals surface area contributed by atoms with E-state index >= 15 is 0 Å². The molecule has 3 unspecified atom stereocenters. The van der Waals surface area contributed by atoms with Crippen LogP contribution >= 0.6 is 0 Å². The molecule has 0 radical (unpaired) electrons. The zero-order chi connectivity index (χ0) is 49.6. The van der Waals surface area contributed by atoms with Crippen molar-refractivity contribution in [1.82, 2.24) is 34.8 Å². The van der Waals surface area contributed by atoms with Crippen molar-refractivity contribution in [2.24, 2.45) is 5.41 Å². The summed E-state index contributed by atoms with van der Waals surface area (Å²) in [5.74, 6) is -1.87. The van der Waals surface area contributed by atoms with Crippen LogP contribution in [0.1, 0.15) is 87.7 Å². The van der Waals surface area contributed by atoms with Crippen LogP contribution in [-0.2, 0) is 32.2 Å². The van der Waals surface area contributed by atoms with Gasteiger partial charge >= 0.3 is 0 Å². The first kappa shape index (κ1) is 48.4. The standard InChI is InChI=1S/C55H67N9O7/c1-5-42-27-41(17-24-71-42)63(29-44-36(3)25-37(4)57-51(44)67)47-26-40(12-9-35(47)2)39-13-10-38(11-14-39)28-59-20-22-60(23-21-59)30-49(66)62-33-55(34-62)31-61(32-55)19-18-56-45-8-6-7-43-50(45)54(70)64(53(43)69)46-15-16-48(65)58-52(46)68/h6-14,25-26,41-42,46,56H,5,15-24,27-34H2,1-4H3,(H,57,67)(H,58,65,68). The first-order valence-corrected chi connectivity index (χ1v) is 25.6. The predicted molar refractivity (Wildman–Crippen MR) is 271 cm³/mol. The molecule has 3 atom stereocenters. The predicted octanol–water partition coefficient (Wildman–Crippen LogP) is 4.71. The fraction of sp³-hybridized carbons (Fsp3) is 0.491. The summed E-state index contributed by atoms with van der Waals surface area (Å²) in [6.07, 6.45) is 3.21. The molecule has 3 aromatic carbocycles. The SMILES string of the molecule is CCC1CC(N(Cc2c(C)cc(C)[nH]c2=O)c2cc(-c3ccc(CN4CCN(CC(=O)N5CC6(CN(CCNc7cccc8c7C(=O)N(C7CCC(=O)NC7=O)C8=O)C6)C5)CC4)cc3)ccc2C)CCO1. The van der Waals surface area contributed by atoms with Gasteiger partial charge in [-0.1, -0.05) is 49.4 Å². The minimum atomic E-state index is -1.00. The van der Waals surface area contributed by atoms with Gasteiger partial charge < -0.3 is 29.7 Å². The van der Waals surface area contributed by atoms with E-state index in [0.29, 0.717) is 25.3 Å². The molecule has 6 aliphatic rings. The highest BCUT2D eigenvalue weighted by Gasteiger charge is 2.53. The number of aryl methyl sites for hydroxylation is 3. The van der Waals surface area contributed by atoms with Gasteiger partial charge in [-0.05, 0) is 98.5 Å². The number of pyridine rings is 1. The van der Waals surface area contributed by atoms with E-state index < -0.39 is 29.7 Å². The van der Waals surface area contributed by atoms with Gasteiger partial charge in [0, 0.05) is 126 Å². The molecule has 5 saturated heterocycles. The van der Waals surface area contributed by atoms with Crippen molar-refractivity contribution in [2.75, 3.05) is 88.8 Å². The topological polar surface area (TPSA) is 171 Å². The molecule has 1 aromatic heterocycles. The number of fused-ring (bicyclic) bond motifs is 1. The van der Waals surface area contributed by atoms with Gasteiger partial charge in [0.05, 0.1) is 23.8 Å². The van der Waals surface area contributed by atoms with Gasteiger partial charge in [0.2, 0.25) is 17.7 Å². The smallest absolute Gasteiger partial charge is 0.264 e. The molecule has 7 heterocycles. The van der Waals surface area contributed by atoms with Gasteiger partial charge in [0.1, 0.15) is 6.04 Å². The average molecular weight is 966 g/mol. The highest BCUT2D eigenvalue weighted by molar-refractivity contribution is 6.25. The maximum Gasteiger partial charge on any atom is 0.264 e. The lowest BCUT2D eigenvalue weighted by Crippen LogP contribution is -2.73. The quantitative estimate of drug-likeness (QED) is 0.141. The van der Waals surface area contributed by atoms with E-state index in [9.17, 15) is 28.8 Å². The van der Waals surface area contributed by atoms with Gasteiger partial charge in [0.15, 0.2) is 0 Å². The number of likely N-dealkylation sites (tertiary alicyclic amines) is 2. The van der Waals surface area contributed by atoms with Crippen LogP contribution in [0.3, 0.4) is 0 Å². The summed E-state index contributed by atoms with van der Waals surface area (Å²) < 4.78 is 6.10. The number of ether oxygens (including phenoxy) is 1. The normalized spacial score (nSPS) is 22.6. The molecule has 5 amide bonds. The monoisotopic (exact) mass is 966 g/mol. The van der Waals surface area contributed by atoms with Crippen LogP contribution in [0.5, 0.6) is 0 Å². The summed E-state index contributed by atoms with van der Waals surface area (Å²) in [5.41, 5.74) is 9.82. The number of piperazine rings is 1. The Morgan fingerprint density at radius 1 is 0.831 bits per heavy atom. The average Bonchev–Trinajstić information content (AvgIpc) is 3.58. The van der Waals surface area contributed by atoms with Crippen molar-refractivity contribution in [1.29, 1.82) is 0 Å². The minimum Gasteiger partial charge on any atom is -0.383 e. The highest BCUT2D eigenvalue weighted by Crippen LogP contribution is 2.40. The molecule has 3 N–H and O–H groups in total. The zero-order valence-corrected chi connectivity index (χ0v) is 41.6. The van der Waals surface area contributed by atoms with Crippen molar-refractivity contribution in [3.63, 3.8) is 0 Å². The van der Waals surface area contributed by atoms with Gasteiger partial charge in [-0.25, -0.2) is 0 Å². The van der Waals surface area contributed by atoms with Crippen molar-refractivity contribution < 1.29 is 28.7 Å². The maximum atomic E-state index is 13.5. The number of rotatable bonds is 15. The second kappa shape index (κ2) is 20.1. The Kier molecular flexibility index (Phi) is 13.7. The van der Waals surface area contributed by atoms with Gasteiger partial charge in [0.25, 0.3) is 17.4 Å². The number of hydrogen-bond acceptors (Lipinski definition) is 12. The number of hydrogen-bond donors (Lipinski definition) is 3. The second-order valence-corrected chi connectivity index (χ2v) is 21.0. The number of nitrogens with zero attached hydrogens (tertiary/aromatic N) is 6. The molecular weight excluding hydrogens is 899 g/mol. The number of aromatic nitrogens is 1. The summed E-state index contributed by atoms with van der Waals surface area (Å²) in [6, 6.07) is 22.1. The molecule has 71 heavy (non-hydrogen) atoms. The Morgan fingerprint density at radius 3 is 2.31 bits per heavy atom. The van der Waals surface area contributed by atoms with E-state index in [0.717, 1.165) is 130 Å². The molecule has 0 bridgehead atoms. The molecule has 0 saturated carbocycles. The van der Waals surface area contributed by atoms with Crippen molar-refractivity contribution in [2.45, 2.75) is 91.1 Å². The van der Waals surface area contributed by atoms with Gasteiger partial charge in [-0.3, -0.25) is 48.8 Å². The third-order valence-corrected chi connectivity index (χ3v) is 15.8. The Balaban J connectivity index is 0.666. The summed E-state index contributed by atoms with van der Waals surface area (Å²) in [5, 5.41) is 5.59. The van der Waals surface area contributed by atoms with Crippen LogP contribution in [0.25, 0.3) is 11.1 Å². The highest BCUT2D eigenvalue weighted by atomic mass is 16.5. The largest absolute Gasteiger partial charge is 0.383 e. The number of piperidine rings is 1. The third-order valence-electron chi connectivity index (χ3n) is 15.8. The first-order valence-electron chi connectivity index (χ1n) is 25.6. The molecular formula is C55H67N9O7. The number of imide groups is 2. The number of H-pyrrole nitrogens is 1. The Hall–Kier alpha value is -6.20. The number of carbonyl (C=O) groups is 5. The summed E-state index contributed by atoms with van der Waals surface area (Å²) in [6.45, 7) is 19.1. The van der Waals surface area contributed by atoms with Crippen LogP contribution in [0.2, 0.25) is 0 Å². The summed E-state index contributed by atoms with van der Waals surface area (Å²) >= 11 is 0. The van der Waals surface area contributed by atoms with Crippen LogP contribution in [0, 0.1) is 26.2 Å². The lowest BCUT2D eigenvalue weighted by Gasteiger charge is -2.60. The van der Waals surface area contributed by atoms with E-state index in [4.69, 9.17) is 4.74 Å². The summed E-state index contributed by atoms with van der Waals surface area (Å²) in [7, 11) is 0. The number of benzene rings is 3. The zero-order valence-electron chi connectivity index (χ0n) is 41.6. The van der Waals surface area contributed by atoms with E-state index in [1.54, 1.807) is 18.2 Å². The molecule has 1 spiro atoms. The second-order valence-electron chi connectivity index (χ2n) is 21.0. The number of amides is 5. The van der Waals surface area contributed by atoms with Crippen LogP contribution in [0.4, 0.5) is 11.4 Å². The number of anilines is 2. The van der Waals surface area contributed by atoms with E-state index in [2.05, 4.69) is 97.6 Å². The molecule has 4 aromatic rings. The van der Waals surface area contributed by atoms with Crippen LogP contribution < -0.4 is 21.1 Å². The molecule has 10 rings (SSSR count). The number of carbonyl (C=O) groups excluding carboxylic acids is 5. The fourth-order valence-corrected chi connectivity index (χ4v) is 11.9. The first-order chi connectivity index (χ1) is 34.2. The minimum absolute atomic E-state index is 0.0154. The Morgan fingerprint density at radius 2 is 1.58 bits per heavy atom. The lowest BCUT2D eigenvalue weighted by molar-refractivity contribution is -0.160. The fourth-order valence-electron chi connectivity index (χ4n) is 11.9. The van der Waals surface area contributed by atoms with E-state index in [-0.39, 0.29) is 53.0 Å². The van der Waals surface area contributed by atoms with Crippen LogP contribution in [-0.4, -0.2) is 156 Å². The van der Waals surface area contributed by atoms with E-state index in [1.165, 1.54) is 11.1 Å². The van der Waals surface area contributed by atoms with E-state index in [1.807, 2.05) is 18.7 Å². The van der Waals surface area contributed by atoms with Crippen LogP contribution in [0.15, 0.2) is 71.5 Å². The van der Waals surface area contributed by atoms with Gasteiger partial charge in [-0.2, -0.15) is 0 Å². The van der Waals surface area contributed by atoms with Gasteiger partial charge in [-0.15, -0.1) is 0 Å². The molecule has 6 aliphatic heterocycles. The van der Waals surface area contributed by atoms with Crippen molar-refractivity contribution in [3.05, 3.63) is 116 Å². The Labute approximate surface area is 415 Å². The molecule has 16 nitrogen and oxygen atoms in total. The maximum absolute atomic E-state index is 13.5.